The third-order valence-electron chi connectivity index (χ3n) is 7.00. The van der Waals surface area contributed by atoms with Crippen LogP contribution in [-0.2, 0) is 4.79 Å². The van der Waals surface area contributed by atoms with Gasteiger partial charge in [0.15, 0.2) is 0 Å². The van der Waals surface area contributed by atoms with Crippen molar-refractivity contribution in [3.63, 3.8) is 0 Å². The topological polar surface area (TPSA) is 67.4 Å². The molecule has 3 aliphatic rings. The Hall–Kier alpha value is -1.30. The molecule has 2 N–H and O–H groups in total. The Bertz CT molecular complexity index is 678. The molecule has 2 aliphatic carbocycles. The van der Waals surface area contributed by atoms with Crippen LogP contribution in [-0.4, -0.2) is 36.5 Å². The van der Waals surface area contributed by atoms with Crippen LogP contribution < -0.4 is 10.8 Å². The molecule has 0 aromatic rings. The molecule has 1 aliphatic heterocycles. The lowest BCUT2D eigenvalue weighted by Gasteiger charge is -2.39. The van der Waals surface area contributed by atoms with E-state index in [1.807, 2.05) is 6.08 Å². The summed E-state index contributed by atoms with van der Waals surface area (Å²) in [5, 5.41) is 15.6. The third-order valence-corrected chi connectivity index (χ3v) is 7.34. The van der Waals surface area contributed by atoms with Gasteiger partial charge in [0.1, 0.15) is 0 Å². The largest absolute Gasteiger partial charge is 0.761 e. The van der Waals surface area contributed by atoms with Crippen LogP contribution in [0.3, 0.4) is 0 Å². The third kappa shape index (κ3) is 6.12. The SMILES string of the molecule is CC(C)[C@@H](NCCC1=C(N[O-])CCC=C1)C(=O)N1CCC(C2CC=C(Cl)CC2)CC1. The fourth-order valence-electron chi connectivity index (χ4n) is 5.07. The highest BCUT2D eigenvalue weighted by atomic mass is 35.5. The summed E-state index contributed by atoms with van der Waals surface area (Å²) in [4.78, 5) is 15.3. The summed E-state index contributed by atoms with van der Waals surface area (Å²) in [5.74, 6) is 1.90. The number of carbonyl (C=O) groups excluding carboxylic acids is 1. The number of nitrogens with zero attached hydrogens (tertiary/aromatic N) is 1. The molecule has 0 aromatic carbocycles. The van der Waals surface area contributed by atoms with Gasteiger partial charge in [0.05, 0.1) is 6.04 Å². The highest BCUT2D eigenvalue weighted by Crippen LogP contribution is 2.36. The molecule has 6 heteroatoms. The Morgan fingerprint density at radius 1 is 1.23 bits per heavy atom. The summed E-state index contributed by atoms with van der Waals surface area (Å²) in [6.07, 6.45) is 14.3. The number of hydrogen-bond acceptors (Lipinski definition) is 4. The van der Waals surface area contributed by atoms with E-state index in [2.05, 4.69) is 41.7 Å². The van der Waals surface area contributed by atoms with Crippen molar-refractivity contribution in [2.45, 2.75) is 71.3 Å². The molecule has 0 spiro atoms. The molecular formula is C24H37ClN3O2-. The summed E-state index contributed by atoms with van der Waals surface area (Å²) in [6, 6.07) is -0.171. The first-order valence-electron chi connectivity index (χ1n) is 11.6. The van der Waals surface area contributed by atoms with Gasteiger partial charge in [0.25, 0.3) is 0 Å². The molecule has 5 nitrogen and oxygen atoms in total. The van der Waals surface area contributed by atoms with E-state index in [9.17, 15) is 10.0 Å². The fourth-order valence-corrected chi connectivity index (χ4v) is 5.27. The quantitative estimate of drug-likeness (QED) is 0.536. The van der Waals surface area contributed by atoms with Crippen molar-refractivity contribution in [2.24, 2.45) is 17.8 Å². The first-order chi connectivity index (χ1) is 14.5. The number of piperidine rings is 1. The zero-order chi connectivity index (χ0) is 21.5. The average Bonchev–Trinajstić information content (AvgIpc) is 2.77. The van der Waals surface area contributed by atoms with E-state index in [4.69, 9.17) is 11.6 Å². The predicted octanol–water partition coefficient (Wildman–Crippen LogP) is 4.84. The predicted molar refractivity (Wildman–Crippen MR) is 124 cm³/mol. The number of nitrogens with one attached hydrogen (secondary N) is 2. The van der Waals surface area contributed by atoms with E-state index < -0.39 is 0 Å². The van der Waals surface area contributed by atoms with E-state index in [-0.39, 0.29) is 17.9 Å². The molecule has 168 valence electrons. The minimum Gasteiger partial charge on any atom is -0.761 e. The standard InChI is InChI=1S/C24H37ClN3O2/c1-17(2)23(26-14-11-20-5-3-4-6-22(20)27-30)24(29)28-15-12-19(13-16-28)18-7-9-21(25)10-8-18/h3,5,9,17-19,23,26-27H,4,6-8,10-16H2,1-2H3/q-1/t18?,23-/m1/s1. The molecule has 30 heavy (non-hydrogen) atoms. The lowest BCUT2D eigenvalue weighted by atomic mass is 9.78. The van der Waals surface area contributed by atoms with Crippen LogP contribution in [0.15, 0.2) is 34.5 Å². The van der Waals surface area contributed by atoms with Crippen molar-refractivity contribution in [2.75, 3.05) is 19.6 Å². The number of rotatable bonds is 8. The van der Waals surface area contributed by atoms with Gasteiger partial charge in [0, 0.05) is 23.8 Å². The average molecular weight is 435 g/mol. The summed E-state index contributed by atoms with van der Waals surface area (Å²) in [5.41, 5.74) is 3.93. The van der Waals surface area contributed by atoms with Gasteiger partial charge in [-0.3, -0.25) is 4.79 Å². The number of allylic oxidation sites excluding steroid dienone is 5. The number of likely N-dealkylation sites (tertiary alicyclic amines) is 1. The highest BCUT2D eigenvalue weighted by Gasteiger charge is 2.32. The molecule has 1 heterocycles. The van der Waals surface area contributed by atoms with Crippen LogP contribution >= 0.6 is 11.6 Å². The maximum Gasteiger partial charge on any atom is 0.239 e. The normalized spacial score (nSPS) is 24.2. The maximum atomic E-state index is 13.2. The van der Waals surface area contributed by atoms with Crippen molar-refractivity contribution in [3.8, 4) is 0 Å². The molecule has 2 atom stereocenters. The molecular weight excluding hydrogens is 398 g/mol. The summed E-state index contributed by atoms with van der Waals surface area (Å²) in [7, 11) is 0. The van der Waals surface area contributed by atoms with Crippen molar-refractivity contribution in [1.82, 2.24) is 15.7 Å². The monoisotopic (exact) mass is 434 g/mol. The molecule has 0 saturated carbocycles. The number of hydrogen-bond donors (Lipinski definition) is 2. The van der Waals surface area contributed by atoms with Gasteiger partial charge < -0.3 is 20.9 Å². The Balaban J connectivity index is 1.48. The molecule has 0 bridgehead atoms. The van der Waals surface area contributed by atoms with Crippen molar-refractivity contribution >= 4 is 17.5 Å². The number of amides is 1. The van der Waals surface area contributed by atoms with Gasteiger partial charge in [-0.25, -0.2) is 0 Å². The second-order valence-electron chi connectivity index (χ2n) is 9.32. The van der Waals surface area contributed by atoms with E-state index in [1.54, 1.807) is 0 Å². The maximum absolute atomic E-state index is 13.2. The molecule has 1 saturated heterocycles. The highest BCUT2D eigenvalue weighted by molar-refractivity contribution is 6.29. The van der Waals surface area contributed by atoms with Crippen LogP contribution in [0.2, 0.25) is 0 Å². The summed E-state index contributed by atoms with van der Waals surface area (Å²) < 4.78 is 0. The van der Waals surface area contributed by atoms with Gasteiger partial charge in [-0.05, 0) is 81.2 Å². The minimum atomic E-state index is -0.171. The summed E-state index contributed by atoms with van der Waals surface area (Å²) >= 11 is 6.13. The van der Waals surface area contributed by atoms with Crippen LogP contribution in [0, 0.1) is 23.0 Å². The summed E-state index contributed by atoms with van der Waals surface area (Å²) in [6.45, 7) is 6.63. The van der Waals surface area contributed by atoms with Crippen LogP contribution in [0.4, 0.5) is 0 Å². The smallest absolute Gasteiger partial charge is 0.239 e. The second-order valence-corrected chi connectivity index (χ2v) is 9.81. The minimum absolute atomic E-state index is 0.171. The van der Waals surface area contributed by atoms with Crippen molar-refractivity contribution in [3.05, 3.63) is 39.7 Å². The zero-order valence-corrected chi connectivity index (χ0v) is 19.2. The van der Waals surface area contributed by atoms with Gasteiger partial charge in [-0.1, -0.05) is 43.7 Å². The van der Waals surface area contributed by atoms with E-state index in [0.29, 0.717) is 12.5 Å². The van der Waals surface area contributed by atoms with E-state index in [1.165, 1.54) is 6.42 Å². The Labute approximate surface area is 186 Å². The lowest BCUT2D eigenvalue weighted by Crippen LogP contribution is -2.52. The van der Waals surface area contributed by atoms with Crippen molar-refractivity contribution in [1.29, 1.82) is 0 Å². The molecule has 0 aromatic heterocycles. The molecule has 0 radical (unpaired) electrons. The molecule has 1 fully saturated rings. The molecule has 1 unspecified atom stereocenters. The first-order valence-corrected chi connectivity index (χ1v) is 12.0. The van der Waals surface area contributed by atoms with Crippen LogP contribution in [0.5, 0.6) is 0 Å². The second kappa shape index (κ2) is 11.4. The van der Waals surface area contributed by atoms with Crippen molar-refractivity contribution < 1.29 is 4.79 Å². The lowest BCUT2D eigenvalue weighted by molar-refractivity contribution is -0.136. The Morgan fingerprint density at radius 3 is 2.63 bits per heavy atom. The first kappa shape index (κ1) is 23.4. The van der Waals surface area contributed by atoms with E-state index >= 15 is 0 Å². The molecule has 3 rings (SSSR count). The number of hydroxylamine groups is 1. The zero-order valence-electron chi connectivity index (χ0n) is 18.5. The van der Waals surface area contributed by atoms with Gasteiger partial charge in [-0.2, -0.15) is 0 Å². The number of carbonyl (C=O) groups is 1. The Morgan fingerprint density at radius 2 is 2.00 bits per heavy atom. The van der Waals surface area contributed by atoms with Gasteiger partial charge in [-0.15, -0.1) is 0 Å². The number of halogens is 1. The van der Waals surface area contributed by atoms with Crippen LogP contribution in [0.25, 0.3) is 0 Å². The fraction of sp³-hybridized carbons (Fsp3) is 0.708. The Kier molecular flexibility index (Phi) is 8.84. The van der Waals surface area contributed by atoms with Gasteiger partial charge in [0.2, 0.25) is 5.91 Å². The van der Waals surface area contributed by atoms with Gasteiger partial charge >= 0.3 is 0 Å². The molecule has 1 amide bonds. The van der Waals surface area contributed by atoms with Crippen LogP contribution in [0.1, 0.15) is 65.2 Å². The van der Waals surface area contributed by atoms with E-state index in [0.717, 1.165) is 80.3 Å².